The number of benzene rings is 1. The Labute approximate surface area is 108 Å². The van der Waals surface area contributed by atoms with Gasteiger partial charge in [0.05, 0.1) is 12.7 Å². The van der Waals surface area contributed by atoms with E-state index in [-0.39, 0.29) is 17.4 Å². The van der Waals surface area contributed by atoms with Crippen LogP contribution in [0.1, 0.15) is 10.4 Å². The van der Waals surface area contributed by atoms with E-state index in [1.807, 2.05) is 0 Å². The van der Waals surface area contributed by atoms with Crippen molar-refractivity contribution in [1.29, 1.82) is 0 Å². The number of carbonyl (C=O) groups excluding carboxylic acids is 1. The Morgan fingerprint density at radius 3 is 2.61 bits per heavy atom. The van der Waals surface area contributed by atoms with E-state index in [0.717, 1.165) is 11.5 Å². The fourth-order valence-electron chi connectivity index (χ4n) is 1.54. The maximum Gasteiger partial charge on any atom is 0.377 e. The number of carbonyl (C=O) groups is 2. The van der Waals surface area contributed by atoms with Crippen molar-refractivity contribution < 1.29 is 24.2 Å². The van der Waals surface area contributed by atoms with Crippen molar-refractivity contribution in [1.82, 2.24) is 0 Å². The third kappa shape index (κ3) is 2.43. The van der Waals surface area contributed by atoms with Gasteiger partial charge in [0.25, 0.3) is 5.78 Å². The highest BCUT2D eigenvalue weighted by Crippen LogP contribution is 2.34. The minimum atomic E-state index is -1.50. The number of rotatable bonds is 5. The summed E-state index contributed by atoms with van der Waals surface area (Å²) in [6, 6.07) is 4.64. The first-order valence-corrected chi connectivity index (χ1v) is 6.48. The van der Waals surface area contributed by atoms with Crippen LogP contribution in [0, 0.1) is 0 Å². The molecule has 0 unspecified atom stereocenters. The van der Waals surface area contributed by atoms with Gasteiger partial charge < -0.3 is 14.6 Å². The van der Waals surface area contributed by atoms with E-state index in [2.05, 4.69) is 0 Å². The topological polar surface area (TPSA) is 72.8 Å². The molecule has 1 aliphatic heterocycles. The highest BCUT2D eigenvalue weighted by molar-refractivity contribution is 8.00. The number of ether oxygens (including phenoxy) is 2. The Hall–Kier alpha value is -1.69. The summed E-state index contributed by atoms with van der Waals surface area (Å²) in [7, 11) is 1.45. The smallest absolute Gasteiger partial charge is 0.377 e. The van der Waals surface area contributed by atoms with E-state index in [1.54, 1.807) is 23.9 Å². The van der Waals surface area contributed by atoms with Gasteiger partial charge in [-0.3, -0.25) is 4.79 Å². The Bertz CT molecular complexity index is 481. The highest BCUT2D eigenvalue weighted by atomic mass is 32.2. The van der Waals surface area contributed by atoms with Gasteiger partial charge in [0.2, 0.25) is 0 Å². The molecule has 1 aromatic rings. The van der Waals surface area contributed by atoms with Crippen LogP contribution in [0.5, 0.6) is 11.5 Å². The van der Waals surface area contributed by atoms with Crippen LogP contribution in [0.2, 0.25) is 0 Å². The molecule has 96 valence electrons. The Kier molecular flexibility index (Phi) is 3.76. The van der Waals surface area contributed by atoms with Crippen LogP contribution in [0.25, 0.3) is 0 Å². The molecule has 1 heterocycles. The molecule has 0 aromatic heterocycles. The molecule has 0 aliphatic carbocycles. The van der Waals surface area contributed by atoms with Gasteiger partial charge in [0, 0.05) is 11.5 Å². The Morgan fingerprint density at radius 1 is 1.39 bits per heavy atom. The molecule has 18 heavy (non-hydrogen) atoms. The van der Waals surface area contributed by atoms with E-state index < -0.39 is 11.8 Å². The zero-order valence-corrected chi connectivity index (χ0v) is 10.5. The van der Waals surface area contributed by atoms with Gasteiger partial charge >= 0.3 is 5.97 Å². The van der Waals surface area contributed by atoms with Crippen molar-refractivity contribution in [2.75, 3.05) is 18.6 Å². The third-order valence-corrected chi connectivity index (χ3v) is 3.74. The first kappa shape index (κ1) is 12.8. The van der Waals surface area contributed by atoms with Crippen molar-refractivity contribution in [3.63, 3.8) is 0 Å². The second-order valence-electron chi connectivity index (χ2n) is 3.75. The largest absolute Gasteiger partial charge is 0.493 e. The van der Waals surface area contributed by atoms with Crippen LogP contribution in [-0.4, -0.2) is 41.6 Å². The van der Waals surface area contributed by atoms with E-state index in [0.29, 0.717) is 5.75 Å². The van der Waals surface area contributed by atoms with Gasteiger partial charge in [0.1, 0.15) is 6.10 Å². The van der Waals surface area contributed by atoms with E-state index >= 15 is 0 Å². The molecule has 0 spiro atoms. The molecule has 5 nitrogen and oxygen atoms in total. The number of carboxylic acids is 1. The number of ketones is 1. The van der Waals surface area contributed by atoms with Crippen molar-refractivity contribution in [3.05, 3.63) is 23.8 Å². The Morgan fingerprint density at radius 2 is 2.11 bits per heavy atom. The number of thioether (sulfide) groups is 1. The molecule has 0 saturated carbocycles. The van der Waals surface area contributed by atoms with Gasteiger partial charge in [-0.15, -0.1) is 0 Å². The number of Topliss-reactive ketones (excluding diaryl/α,β-unsaturated/α-hetero) is 1. The van der Waals surface area contributed by atoms with E-state index in [4.69, 9.17) is 14.6 Å². The predicted molar refractivity (Wildman–Crippen MR) is 66.7 cm³/mol. The van der Waals surface area contributed by atoms with Gasteiger partial charge in [-0.2, -0.15) is 11.8 Å². The predicted octanol–water partition coefficient (Wildman–Crippen LogP) is 1.46. The molecular formula is C12H12O5S. The molecule has 0 radical (unpaired) electrons. The maximum atomic E-state index is 11.6. The summed E-state index contributed by atoms with van der Waals surface area (Å²) in [5, 5.41) is 8.78. The van der Waals surface area contributed by atoms with Crippen molar-refractivity contribution in [2.45, 2.75) is 6.10 Å². The second kappa shape index (κ2) is 5.30. The normalized spacial score (nSPS) is 14.7. The van der Waals surface area contributed by atoms with Gasteiger partial charge in [-0.05, 0) is 12.1 Å². The SMILES string of the molecule is COc1cccc(C(=O)C(=O)O)c1OC1CSC1. The lowest BCUT2D eigenvalue weighted by Gasteiger charge is -2.27. The first-order valence-electron chi connectivity index (χ1n) is 5.32. The molecule has 1 saturated heterocycles. The van der Waals surface area contributed by atoms with Gasteiger partial charge in [-0.1, -0.05) is 6.07 Å². The molecule has 0 bridgehead atoms. The summed E-state index contributed by atoms with van der Waals surface area (Å²) in [6.07, 6.45) is 0.00615. The van der Waals surface area contributed by atoms with Crippen LogP contribution < -0.4 is 9.47 Å². The average Bonchev–Trinajstić information content (AvgIpc) is 2.32. The number of hydrogen-bond donors (Lipinski definition) is 1. The fourth-order valence-corrected chi connectivity index (χ4v) is 2.11. The molecule has 1 N–H and O–H groups in total. The average molecular weight is 268 g/mol. The van der Waals surface area contributed by atoms with E-state index in [9.17, 15) is 9.59 Å². The lowest BCUT2D eigenvalue weighted by molar-refractivity contribution is -0.131. The lowest BCUT2D eigenvalue weighted by atomic mass is 10.1. The lowest BCUT2D eigenvalue weighted by Crippen LogP contribution is -2.32. The number of carboxylic acid groups (broad SMARTS) is 1. The van der Waals surface area contributed by atoms with Gasteiger partial charge in [-0.25, -0.2) is 4.79 Å². The molecule has 1 fully saturated rings. The van der Waals surface area contributed by atoms with Crippen LogP contribution in [-0.2, 0) is 4.79 Å². The highest BCUT2D eigenvalue weighted by Gasteiger charge is 2.27. The van der Waals surface area contributed by atoms with Crippen LogP contribution in [0.4, 0.5) is 0 Å². The molecule has 6 heteroatoms. The first-order chi connectivity index (χ1) is 8.63. The summed E-state index contributed by atoms with van der Waals surface area (Å²) in [4.78, 5) is 22.4. The Balaban J connectivity index is 2.37. The summed E-state index contributed by atoms with van der Waals surface area (Å²) < 4.78 is 10.8. The molecular weight excluding hydrogens is 256 g/mol. The molecule has 1 aromatic carbocycles. The monoisotopic (exact) mass is 268 g/mol. The minimum Gasteiger partial charge on any atom is -0.493 e. The molecule has 2 rings (SSSR count). The minimum absolute atomic E-state index is 0.00615. The molecule has 1 aliphatic rings. The van der Waals surface area contributed by atoms with Crippen LogP contribution in [0.3, 0.4) is 0 Å². The standard InChI is InChI=1S/C12H12O5S/c1-16-9-4-2-3-8(10(13)12(14)15)11(9)17-7-5-18-6-7/h2-4,7H,5-6H2,1H3,(H,14,15). The molecule has 0 atom stereocenters. The second-order valence-corrected chi connectivity index (χ2v) is 4.82. The van der Waals surface area contributed by atoms with Crippen molar-refractivity contribution >= 4 is 23.5 Å². The quantitative estimate of drug-likeness (QED) is 0.643. The number of para-hydroxylation sites is 1. The summed E-state index contributed by atoms with van der Waals surface area (Å²) in [5.41, 5.74) is 0.0266. The van der Waals surface area contributed by atoms with Crippen molar-refractivity contribution in [3.8, 4) is 11.5 Å². The van der Waals surface area contributed by atoms with Crippen LogP contribution in [0.15, 0.2) is 18.2 Å². The molecule has 0 amide bonds. The summed E-state index contributed by atoms with van der Waals surface area (Å²) >= 11 is 1.73. The zero-order chi connectivity index (χ0) is 13.1. The summed E-state index contributed by atoms with van der Waals surface area (Å²) in [5.74, 6) is -0.235. The number of aliphatic carboxylic acids is 1. The maximum absolute atomic E-state index is 11.6. The van der Waals surface area contributed by atoms with Crippen LogP contribution >= 0.6 is 11.8 Å². The zero-order valence-electron chi connectivity index (χ0n) is 9.71. The third-order valence-electron chi connectivity index (χ3n) is 2.53. The van der Waals surface area contributed by atoms with Crippen molar-refractivity contribution in [2.24, 2.45) is 0 Å². The van der Waals surface area contributed by atoms with E-state index in [1.165, 1.54) is 13.2 Å². The fraction of sp³-hybridized carbons (Fsp3) is 0.333. The number of hydrogen-bond acceptors (Lipinski definition) is 5. The van der Waals surface area contributed by atoms with Gasteiger partial charge in [0.15, 0.2) is 11.5 Å². The summed E-state index contributed by atoms with van der Waals surface area (Å²) in [6.45, 7) is 0. The number of methoxy groups -OCH3 is 1.